The largest absolute Gasteiger partial charge is 0.309 e. The standard InChI is InChI=1S/C55H41N/c1-55(2)50-28-14-13-25-47(50)49-37-42(33-36-51(49)55)38-31-34-43(35-32-38)56(52-29-15-22-40-21-9-10-24-45(40)52)53-30-16-27-46(41-19-7-4-8-20-41)54(53)48-26-12-11-23-44(48)39-17-5-3-6-18-39/h3-37H,1-2H3. The van der Waals surface area contributed by atoms with E-state index in [1.54, 1.807) is 0 Å². The van der Waals surface area contributed by atoms with E-state index < -0.39 is 0 Å². The van der Waals surface area contributed by atoms with E-state index in [0.29, 0.717) is 0 Å². The summed E-state index contributed by atoms with van der Waals surface area (Å²) in [5.74, 6) is 0. The zero-order valence-electron chi connectivity index (χ0n) is 31.7. The molecule has 0 saturated heterocycles. The Hall–Kier alpha value is -6.96. The van der Waals surface area contributed by atoms with E-state index in [1.807, 2.05) is 0 Å². The first kappa shape index (κ1) is 33.6. The molecule has 1 aliphatic carbocycles. The molecule has 9 aromatic rings. The zero-order chi connectivity index (χ0) is 37.6. The maximum atomic E-state index is 2.47. The van der Waals surface area contributed by atoms with Crippen LogP contribution < -0.4 is 4.90 Å². The number of fused-ring (bicyclic) bond motifs is 4. The van der Waals surface area contributed by atoms with E-state index in [9.17, 15) is 0 Å². The Morgan fingerprint density at radius 1 is 0.339 bits per heavy atom. The van der Waals surface area contributed by atoms with Gasteiger partial charge in [0.1, 0.15) is 0 Å². The highest BCUT2D eigenvalue weighted by atomic mass is 15.1. The molecule has 1 heteroatoms. The predicted molar refractivity (Wildman–Crippen MR) is 238 cm³/mol. The molecule has 0 unspecified atom stereocenters. The molecule has 0 saturated carbocycles. The first-order valence-electron chi connectivity index (χ1n) is 19.5. The lowest BCUT2D eigenvalue weighted by Crippen LogP contribution is -2.14. The molecule has 0 radical (unpaired) electrons. The van der Waals surface area contributed by atoms with Crippen molar-refractivity contribution >= 4 is 27.8 Å². The SMILES string of the molecule is CC1(C)c2ccccc2-c2cc(-c3ccc(N(c4cccc(-c5ccccc5)c4-c4ccccc4-c4ccccc4)c4cccc5ccccc45)cc3)ccc21. The van der Waals surface area contributed by atoms with E-state index >= 15 is 0 Å². The quantitative estimate of drug-likeness (QED) is 0.159. The second kappa shape index (κ2) is 13.7. The molecular weight excluding hydrogens is 675 g/mol. The maximum absolute atomic E-state index is 2.47. The summed E-state index contributed by atoms with van der Waals surface area (Å²) < 4.78 is 0. The van der Waals surface area contributed by atoms with E-state index in [1.165, 1.54) is 77.5 Å². The molecular formula is C55H41N. The van der Waals surface area contributed by atoms with Crippen LogP contribution in [0.5, 0.6) is 0 Å². The van der Waals surface area contributed by atoms with Gasteiger partial charge < -0.3 is 4.90 Å². The van der Waals surface area contributed by atoms with Gasteiger partial charge in [-0.15, -0.1) is 0 Å². The van der Waals surface area contributed by atoms with Gasteiger partial charge in [-0.25, -0.2) is 0 Å². The van der Waals surface area contributed by atoms with Gasteiger partial charge in [0.15, 0.2) is 0 Å². The Labute approximate surface area is 329 Å². The van der Waals surface area contributed by atoms with Gasteiger partial charge in [-0.2, -0.15) is 0 Å². The fourth-order valence-electron chi connectivity index (χ4n) is 8.95. The smallest absolute Gasteiger partial charge is 0.0546 e. The summed E-state index contributed by atoms with van der Waals surface area (Å²) in [5, 5.41) is 2.41. The molecule has 266 valence electrons. The number of rotatable bonds is 7. The van der Waals surface area contributed by atoms with Crippen molar-refractivity contribution in [3.8, 4) is 55.6 Å². The average Bonchev–Trinajstić information content (AvgIpc) is 3.50. The van der Waals surface area contributed by atoms with Crippen molar-refractivity contribution in [3.05, 3.63) is 223 Å². The van der Waals surface area contributed by atoms with E-state index in [2.05, 4.69) is 231 Å². The van der Waals surface area contributed by atoms with Gasteiger partial charge in [0.2, 0.25) is 0 Å². The van der Waals surface area contributed by atoms with Crippen molar-refractivity contribution < 1.29 is 0 Å². The third kappa shape index (κ3) is 5.63. The molecule has 0 aliphatic heterocycles. The second-order valence-electron chi connectivity index (χ2n) is 15.3. The predicted octanol–water partition coefficient (Wildman–Crippen LogP) is 15.3. The zero-order valence-corrected chi connectivity index (χ0v) is 31.7. The van der Waals surface area contributed by atoms with Crippen LogP contribution in [0, 0.1) is 0 Å². The molecule has 56 heavy (non-hydrogen) atoms. The van der Waals surface area contributed by atoms with Crippen LogP contribution in [-0.4, -0.2) is 0 Å². The molecule has 10 rings (SSSR count). The van der Waals surface area contributed by atoms with Crippen LogP contribution in [-0.2, 0) is 5.41 Å². The van der Waals surface area contributed by atoms with Gasteiger partial charge in [-0.05, 0) is 96.9 Å². The van der Waals surface area contributed by atoms with E-state index in [0.717, 1.165) is 17.1 Å². The summed E-state index contributed by atoms with van der Waals surface area (Å²) in [7, 11) is 0. The minimum atomic E-state index is -0.0155. The first-order chi connectivity index (χ1) is 27.6. The molecule has 0 heterocycles. The molecule has 0 fully saturated rings. The van der Waals surface area contributed by atoms with Crippen molar-refractivity contribution in [2.24, 2.45) is 0 Å². The monoisotopic (exact) mass is 715 g/mol. The van der Waals surface area contributed by atoms with E-state index in [-0.39, 0.29) is 5.41 Å². The van der Waals surface area contributed by atoms with Crippen molar-refractivity contribution in [3.63, 3.8) is 0 Å². The molecule has 1 nitrogen and oxygen atoms in total. The number of benzene rings is 9. The lowest BCUT2D eigenvalue weighted by atomic mass is 9.82. The van der Waals surface area contributed by atoms with Crippen molar-refractivity contribution in [1.82, 2.24) is 0 Å². The number of anilines is 3. The fraction of sp³-hybridized carbons (Fsp3) is 0.0545. The van der Waals surface area contributed by atoms with E-state index in [4.69, 9.17) is 0 Å². The summed E-state index contributed by atoms with van der Waals surface area (Å²) in [6, 6.07) is 77.6. The van der Waals surface area contributed by atoms with Gasteiger partial charge in [-0.1, -0.05) is 196 Å². The minimum Gasteiger partial charge on any atom is -0.309 e. The van der Waals surface area contributed by atoms with Crippen molar-refractivity contribution in [1.29, 1.82) is 0 Å². The van der Waals surface area contributed by atoms with Gasteiger partial charge >= 0.3 is 0 Å². The minimum absolute atomic E-state index is 0.0155. The van der Waals surface area contributed by atoms with Gasteiger partial charge in [0.05, 0.1) is 11.4 Å². The Kier molecular flexibility index (Phi) is 8.23. The number of hydrogen-bond donors (Lipinski definition) is 0. The Morgan fingerprint density at radius 2 is 0.875 bits per heavy atom. The molecule has 0 atom stereocenters. The molecule has 1 aliphatic rings. The number of nitrogens with zero attached hydrogens (tertiary/aromatic N) is 1. The Balaban J connectivity index is 1.19. The van der Waals surface area contributed by atoms with Crippen LogP contribution in [0.15, 0.2) is 212 Å². The summed E-state index contributed by atoms with van der Waals surface area (Å²) in [6.45, 7) is 4.68. The van der Waals surface area contributed by atoms with Crippen molar-refractivity contribution in [2.75, 3.05) is 4.90 Å². The summed E-state index contributed by atoms with van der Waals surface area (Å²) >= 11 is 0. The highest BCUT2D eigenvalue weighted by molar-refractivity contribution is 6.05. The topological polar surface area (TPSA) is 3.24 Å². The van der Waals surface area contributed by atoms with Crippen LogP contribution in [0.4, 0.5) is 17.1 Å². The van der Waals surface area contributed by atoms with Crippen LogP contribution >= 0.6 is 0 Å². The van der Waals surface area contributed by atoms with Crippen LogP contribution in [0.1, 0.15) is 25.0 Å². The normalized spacial score (nSPS) is 12.6. The van der Waals surface area contributed by atoms with Crippen LogP contribution in [0.2, 0.25) is 0 Å². The van der Waals surface area contributed by atoms with Gasteiger partial charge in [-0.3, -0.25) is 0 Å². The average molecular weight is 716 g/mol. The third-order valence-electron chi connectivity index (χ3n) is 11.7. The van der Waals surface area contributed by atoms with Crippen LogP contribution in [0.25, 0.3) is 66.4 Å². The highest BCUT2D eigenvalue weighted by Crippen LogP contribution is 2.51. The fourth-order valence-corrected chi connectivity index (χ4v) is 8.95. The molecule has 0 bridgehead atoms. The second-order valence-corrected chi connectivity index (χ2v) is 15.3. The highest BCUT2D eigenvalue weighted by Gasteiger charge is 2.35. The molecule has 0 aromatic heterocycles. The Morgan fingerprint density at radius 3 is 1.64 bits per heavy atom. The van der Waals surface area contributed by atoms with Gasteiger partial charge in [0, 0.05) is 22.1 Å². The summed E-state index contributed by atoms with van der Waals surface area (Å²) in [6.07, 6.45) is 0. The lowest BCUT2D eigenvalue weighted by Gasteiger charge is -2.31. The molecule has 0 spiro atoms. The van der Waals surface area contributed by atoms with Crippen LogP contribution in [0.3, 0.4) is 0 Å². The Bertz CT molecular complexity index is 2860. The first-order valence-corrected chi connectivity index (χ1v) is 19.5. The maximum Gasteiger partial charge on any atom is 0.0546 e. The van der Waals surface area contributed by atoms with Gasteiger partial charge in [0.25, 0.3) is 0 Å². The third-order valence-corrected chi connectivity index (χ3v) is 11.7. The lowest BCUT2D eigenvalue weighted by molar-refractivity contribution is 0.660. The number of hydrogen-bond acceptors (Lipinski definition) is 1. The summed E-state index contributed by atoms with van der Waals surface area (Å²) in [5.41, 5.74) is 18.4. The molecule has 9 aromatic carbocycles. The summed E-state index contributed by atoms with van der Waals surface area (Å²) in [4.78, 5) is 2.47. The van der Waals surface area contributed by atoms with Crippen molar-refractivity contribution in [2.45, 2.75) is 19.3 Å². The molecule has 0 amide bonds. The molecule has 0 N–H and O–H groups in total.